The lowest BCUT2D eigenvalue weighted by Gasteiger charge is -2.10. The number of H-pyrrole nitrogens is 1. The van der Waals surface area contributed by atoms with Crippen molar-refractivity contribution in [3.63, 3.8) is 0 Å². The fraction of sp³-hybridized carbons (Fsp3) is 0.0769. The van der Waals surface area contributed by atoms with E-state index in [0.717, 1.165) is 39.1 Å². The molecule has 0 aliphatic heterocycles. The van der Waals surface area contributed by atoms with Gasteiger partial charge in [0.1, 0.15) is 11.5 Å². The topological polar surface area (TPSA) is 133 Å². The Bertz CT molecular complexity index is 1590. The second-order valence-electron chi connectivity index (χ2n) is 8.21. The van der Waals surface area contributed by atoms with Crippen LogP contribution in [0.3, 0.4) is 0 Å². The van der Waals surface area contributed by atoms with Crippen molar-refractivity contribution in [2.24, 2.45) is 5.10 Å². The van der Waals surface area contributed by atoms with Crippen LogP contribution in [-0.4, -0.2) is 37.8 Å². The Morgan fingerprint density at radius 2 is 1.92 bits per heavy atom. The number of carbonyl (C=O) groups excluding carboxylic acids is 1. The van der Waals surface area contributed by atoms with Crippen molar-refractivity contribution in [1.29, 1.82) is 0 Å². The minimum atomic E-state index is -0.261. The molecule has 5 aromatic rings. The Balaban J connectivity index is 1.36. The molecule has 5 rings (SSSR count). The lowest BCUT2D eigenvalue weighted by Crippen LogP contribution is -2.12. The van der Waals surface area contributed by atoms with Gasteiger partial charge in [0.25, 0.3) is 5.91 Å². The summed E-state index contributed by atoms with van der Waals surface area (Å²) in [6.45, 7) is 7.25. The normalized spacial score (nSPS) is 10.7. The predicted molar refractivity (Wildman–Crippen MR) is 142 cm³/mol. The number of aryl methyl sites for hydroxylation is 2. The van der Waals surface area contributed by atoms with Gasteiger partial charge in [-0.2, -0.15) is 15.3 Å². The van der Waals surface area contributed by atoms with Gasteiger partial charge in [-0.3, -0.25) is 10.2 Å². The van der Waals surface area contributed by atoms with E-state index in [9.17, 15) is 4.79 Å². The van der Waals surface area contributed by atoms with Crippen molar-refractivity contribution in [2.75, 3.05) is 16.1 Å². The van der Waals surface area contributed by atoms with E-state index in [1.807, 2.05) is 56.3 Å². The molecule has 0 unspecified atom stereocenters. The summed E-state index contributed by atoms with van der Waals surface area (Å²) >= 11 is 0. The third kappa shape index (κ3) is 4.87. The minimum absolute atomic E-state index is 0.261. The fourth-order valence-electron chi connectivity index (χ4n) is 3.80. The van der Waals surface area contributed by atoms with Crippen LogP contribution in [0.25, 0.3) is 22.3 Å². The number of nitrogens with one attached hydrogen (secondary N) is 4. The summed E-state index contributed by atoms with van der Waals surface area (Å²) in [4.78, 5) is 25.0. The maximum Gasteiger partial charge on any atom is 0.272 e. The Kier molecular flexibility index (Phi) is 6.06. The highest BCUT2D eigenvalue weighted by atomic mass is 16.1. The van der Waals surface area contributed by atoms with Crippen LogP contribution >= 0.6 is 0 Å². The van der Waals surface area contributed by atoms with Gasteiger partial charge in [0.2, 0.25) is 0 Å². The number of amides is 1. The predicted octanol–water partition coefficient (Wildman–Crippen LogP) is 5.06. The number of hydrazone groups is 1. The van der Waals surface area contributed by atoms with Crippen LogP contribution in [0.5, 0.6) is 0 Å². The number of benzene rings is 2. The minimum Gasteiger partial charge on any atom is -0.350 e. The van der Waals surface area contributed by atoms with Gasteiger partial charge in [-0.1, -0.05) is 12.1 Å². The number of carbonyl (C=O) groups is 1. The smallest absolute Gasteiger partial charge is 0.272 e. The molecule has 0 saturated carbocycles. The van der Waals surface area contributed by atoms with Crippen LogP contribution in [0.15, 0.2) is 72.1 Å². The van der Waals surface area contributed by atoms with E-state index in [0.29, 0.717) is 23.0 Å². The highest BCUT2D eigenvalue weighted by Crippen LogP contribution is 2.26. The second kappa shape index (κ2) is 9.63. The van der Waals surface area contributed by atoms with Gasteiger partial charge in [0.15, 0.2) is 5.82 Å². The van der Waals surface area contributed by atoms with E-state index in [1.165, 1.54) is 6.20 Å². The molecule has 36 heavy (non-hydrogen) atoms. The molecular formula is C26H23N9O. The van der Waals surface area contributed by atoms with Crippen molar-refractivity contribution in [1.82, 2.24) is 25.1 Å². The molecule has 0 aliphatic carbocycles. The summed E-state index contributed by atoms with van der Waals surface area (Å²) in [6.07, 6.45) is 3.21. The van der Waals surface area contributed by atoms with Crippen LogP contribution in [0.2, 0.25) is 0 Å². The first-order valence-electron chi connectivity index (χ1n) is 11.1. The molecule has 0 radical (unpaired) electrons. The molecule has 0 bridgehead atoms. The van der Waals surface area contributed by atoms with Gasteiger partial charge < -0.3 is 15.6 Å². The summed E-state index contributed by atoms with van der Waals surface area (Å²) in [5.74, 6) is 0.963. The van der Waals surface area contributed by atoms with E-state index in [1.54, 1.807) is 18.3 Å². The zero-order valence-electron chi connectivity index (χ0n) is 19.7. The molecule has 0 fully saturated rings. The second-order valence-corrected chi connectivity index (χ2v) is 8.21. The van der Waals surface area contributed by atoms with Crippen molar-refractivity contribution in [2.45, 2.75) is 13.8 Å². The molecule has 10 heteroatoms. The van der Waals surface area contributed by atoms with Crippen LogP contribution in [0, 0.1) is 13.8 Å². The van der Waals surface area contributed by atoms with E-state index >= 15 is 0 Å². The maximum absolute atomic E-state index is 12.7. The zero-order chi connectivity index (χ0) is 25.1. The van der Waals surface area contributed by atoms with Crippen molar-refractivity contribution in [3.8, 4) is 11.4 Å². The highest BCUT2D eigenvalue weighted by Gasteiger charge is 2.12. The fourth-order valence-corrected chi connectivity index (χ4v) is 3.80. The summed E-state index contributed by atoms with van der Waals surface area (Å²) in [5.41, 5.74) is 9.03. The number of fused-ring (bicyclic) bond motifs is 1. The number of aromatic nitrogens is 5. The molecule has 0 atom stereocenters. The van der Waals surface area contributed by atoms with Gasteiger partial charge >= 0.3 is 0 Å². The van der Waals surface area contributed by atoms with Gasteiger partial charge in [-0.05, 0) is 61.9 Å². The maximum atomic E-state index is 12.7. The molecular weight excluding hydrogens is 454 g/mol. The molecule has 3 aromatic heterocycles. The number of rotatable bonds is 7. The molecule has 0 aliphatic rings. The molecule has 0 spiro atoms. The molecule has 0 saturated heterocycles. The van der Waals surface area contributed by atoms with Crippen molar-refractivity contribution >= 4 is 46.4 Å². The van der Waals surface area contributed by atoms with Gasteiger partial charge in [0.05, 0.1) is 23.3 Å². The number of anilines is 4. The van der Waals surface area contributed by atoms with E-state index in [2.05, 4.69) is 53.0 Å². The average molecular weight is 478 g/mol. The molecule has 3 heterocycles. The third-order valence-corrected chi connectivity index (χ3v) is 5.51. The van der Waals surface area contributed by atoms with Gasteiger partial charge in [-0.15, -0.1) is 0 Å². The number of hydrogen-bond donors (Lipinski definition) is 4. The lowest BCUT2D eigenvalue weighted by molar-refractivity contribution is 0.102. The SMILES string of the molecule is C=NNc1ccc(Nc2ccnc(-c3ccc4cc(C(=O)Nc5cnnc(C)c5)[nH]c4c3)n2)cc1C. The number of nitrogens with zero attached hydrogens (tertiary/aromatic N) is 5. The number of aromatic amines is 1. The number of hydrogen-bond acceptors (Lipinski definition) is 8. The Hall–Kier alpha value is -5.12. The van der Waals surface area contributed by atoms with Crippen LogP contribution < -0.4 is 16.1 Å². The van der Waals surface area contributed by atoms with Crippen LogP contribution in [-0.2, 0) is 0 Å². The van der Waals surface area contributed by atoms with Crippen molar-refractivity contribution in [3.05, 3.63) is 83.9 Å². The Labute approximate surface area is 206 Å². The van der Waals surface area contributed by atoms with Gasteiger partial charge in [-0.25, -0.2) is 9.97 Å². The highest BCUT2D eigenvalue weighted by molar-refractivity contribution is 6.06. The Morgan fingerprint density at radius 3 is 2.72 bits per heavy atom. The summed E-state index contributed by atoms with van der Waals surface area (Å²) < 4.78 is 0. The lowest BCUT2D eigenvalue weighted by atomic mass is 10.1. The molecule has 1 amide bonds. The molecule has 4 N–H and O–H groups in total. The first kappa shape index (κ1) is 22.7. The van der Waals surface area contributed by atoms with Gasteiger partial charge in [0, 0.05) is 35.1 Å². The van der Waals surface area contributed by atoms with E-state index in [-0.39, 0.29) is 5.91 Å². The largest absolute Gasteiger partial charge is 0.350 e. The first-order valence-corrected chi connectivity index (χ1v) is 11.1. The standard InChI is InChI=1S/C26H23N9O/c1-15-10-19(6-7-21(15)35-27-3)30-24-8-9-28-25(33-24)18-5-4-17-12-23(32-22(17)13-18)26(36)31-20-11-16(2)34-29-14-20/h4-14,32,35H,3H2,1-2H3,(H,28,30,33)(H,31,34,36). The van der Waals surface area contributed by atoms with E-state index < -0.39 is 0 Å². The Morgan fingerprint density at radius 1 is 1.03 bits per heavy atom. The van der Waals surface area contributed by atoms with E-state index in [4.69, 9.17) is 0 Å². The van der Waals surface area contributed by atoms with Crippen LogP contribution in [0.4, 0.5) is 22.9 Å². The molecule has 10 nitrogen and oxygen atoms in total. The average Bonchev–Trinajstić information content (AvgIpc) is 3.30. The monoisotopic (exact) mass is 477 g/mol. The quantitative estimate of drug-likeness (QED) is 0.190. The molecule has 2 aromatic carbocycles. The summed E-state index contributed by atoms with van der Waals surface area (Å²) in [7, 11) is 0. The summed E-state index contributed by atoms with van der Waals surface area (Å²) in [5, 5.41) is 18.5. The van der Waals surface area contributed by atoms with Crippen molar-refractivity contribution < 1.29 is 4.79 Å². The zero-order valence-corrected chi connectivity index (χ0v) is 19.7. The summed E-state index contributed by atoms with van der Waals surface area (Å²) in [6, 6.07) is 17.0. The van der Waals surface area contributed by atoms with Crippen LogP contribution in [0.1, 0.15) is 21.7 Å². The first-order chi connectivity index (χ1) is 17.5. The third-order valence-electron chi connectivity index (χ3n) is 5.51. The molecule has 178 valence electrons.